The molecule has 0 aromatic heterocycles. The van der Waals surface area contributed by atoms with Crippen molar-refractivity contribution in [3.8, 4) is 11.8 Å². The molecule has 1 aromatic carbocycles. The van der Waals surface area contributed by atoms with Crippen molar-refractivity contribution in [3.63, 3.8) is 0 Å². The normalized spacial score (nSPS) is 12.2. The van der Waals surface area contributed by atoms with Gasteiger partial charge in [0.2, 0.25) is 0 Å². The van der Waals surface area contributed by atoms with Crippen molar-refractivity contribution in [2.45, 2.75) is 38.8 Å². The minimum absolute atomic E-state index is 0.224. The predicted octanol–water partition coefficient (Wildman–Crippen LogP) is 2.08. The molecule has 4 nitrogen and oxygen atoms in total. The van der Waals surface area contributed by atoms with Gasteiger partial charge in [-0.25, -0.2) is 0 Å². The van der Waals surface area contributed by atoms with Crippen LogP contribution in [0.15, 0.2) is 24.3 Å². The molecule has 1 aromatic rings. The summed E-state index contributed by atoms with van der Waals surface area (Å²) in [6.07, 6.45) is 1.55. The van der Waals surface area contributed by atoms with E-state index in [1.54, 1.807) is 24.3 Å². The number of aliphatic hydroxyl groups excluding tert-OH is 1. The van der Waals surface area contributed by atoms with Crippen molar-refractivity contribution in [1.29, 1.82) is 5.26 Å². The van der Waals surface area contributed by atoms with Crippen LogP contribution in [0.5, 0.6) is 5.75 Å². The topological polar surface area (TPSA) is 65.3 Å². The standard InChI is InChI=1S/C15H22N2O2/c1-3-13(4-2)17-10-14(18)11-19-15-7-5-6-12(8-15)9-16/h5-8,13-14,17-18H,3-4,10-11H2,1-2H3. The highest BCUT2D eigenvalue weighted by atomic mass is 16.5. The first-order valence-electron chi connectivity index (χ1n) is 6.74. The summed E-state index contributed by atoms with van der Waals surface area (Å²) in [7, 11) is 0. The van der Waals surface area contributed by atoms with Gasteiger partial charge in [-0.1, -0.05) is 19.9 Å². The summed E-state index contributed by atoms with van der Waals surface area (Å²) in [5, 5.41) is 21.9. The van der Waals surface area contributed by atoms with Crippen molar-refractivity contribution >= 4 is 0 Å². The van der Waals surface area contributed by atoms with Gasteiger partial charge in [0.1, 0.15) is 18.5 Å². The first kappa shape index (κ1) is 15.5. The van der Waals surface area contributed by atoms with E-state index < -0.39 is 6.10 Å². The molecule has 0 radical (unpaired) electrons. The molecule has 0 saturated heterocycles. The molecule has 2 N–H and O–H groups in total. The second kappa shape index (κ2) is 8.52. The van der Waals surface area contributed by atoms with E-state index in [-0.39, 0.29) is 6.61 Å². The Morgan fingerprint density at radius 3 is 2.74 bits per heavy atom. The maximum atomic E-state index is 9.82. The zero-order valence-corrected chi connectivity index (χ0v) is 11.6. The zero-order valence-electron chi connectivity index (χ0n) is 11.6. The fourth-order valence-corrected chi connectivity index (χ4v) is 1.79. The average molecular weight is 262 g/mol. The first-order valence-corrected chi connectivity index (χ1v) is 6.74. The lowest BCUT2D eigenvalue weighted by atomic mass is 10.1. The third-order valence-corrected chi connectivity index (χ3v) is 3.03. The monoisotopic (exact) mass is 262 g/mol. The van der Waals surface area contributed by atoms with Crippen molar-refractivity contribution in [3.05, 3.63) is 29.8 Å². The van der Waals surface area contributed by atoms with Gasteiger partial charge in [0, 0.05) is 12.6 Å². The lowest BCUT2D eigenvalue weighted by Gasteiger charge is -2.18. The molecule has 0 fully saturated rings. The zero-order chi connectivity index (χ0) is 14.1. The molecular weight excluding hydrogens is 240 g/mol. The lowest BCUT2D eigenvalue weighted by molar-refractivity contribution is 0.103. The van der Waals surface area contributed by atoms with Crippen LogP contribution in [0, 0.1) is 11.3 Å². The van der Waals surface area contributed by atoms with E-state index in [4.69, 9.17) is 10.00 Å². The second-order valence-corrected chi connectivity index (χ2v) is 4.53. The van der Waals surface area contributed by atoms with E-state index in [1.807, 2.05) is 0 Å². The summed E-state index contributed by atoms with van der Waals surface area (Å²) in [5.41, 5.74) is 0.558. The van der Waals surface area contributed by atoms with Gasteiger partial charge in [0.25, 0.3) is 0 Å². The van der Waals surface area contributed by atoms with Crippen molar-refractivity contribution in [2.24, 2.45) is 0 Å². The van der Waals surface area contributed by atoms with Crippen molar-refractivity contribution in [1.82, 2.24) is 5.32 Å². The summed E-state index contributed by atoms with van der Waals surface area (Å²) in [6.45, 7) is 4.99. The Morgan fingerprint density at radius 1 is 1.37 bits per heavy atom. The van der Waals surface area contributed by atoms with E-state index in [2.05, 4.69) is 25.2 Å². The van der Waals surface area contributed by atoms with Gasteiger partial charge in [-0.2, -0.15) is 5.26 Å². The number of benzene rings is 1. The van der Waals surface area contributed by atoms with Crippen LogP contribution in [-0.2, 0) is 0 Å². The second-order valence-electron chi connectivity index (χ2n) is 4.53. The third-order valence-electron chi connectivity index (χ3n) is 3.03. The first-order chi connectivity index (χ1) is 9.19. The third kappa shape index (κ3) is 5.73. The van der Waals surface area contributed by atoms with Crippen LogP contribution in [0.3, 0.4) is 0 Å². The largest absolute Gasteiger partial charge is 0.491 e. The van der Waals surface area contributed by atoms with Crippen LogP contribution in [0.25, 0.3) is 0 Å². The molecule has 0 bridgehead atoms. The maximum absolute atomic E-state index is 9.82. The molecule has 0 aliphatic rings. The average Bonchev–Trinajstić information content (AvgIpc) is 2.46. The number of ether oxygens (including phenoxy) is 1. The highest BCUT2D eigenvalue weighted by Crippen LogP contribution is 2.12. The summed E-state index contributed by atoms with van der Waals surface area (Å²) in [4.78, 5) is 0. The molecule has 0 heterocycles. The SMILES string of the molecule is CCC(CC)NCC(O)COc1cccc(C#N)c1. The Labute approximate surface area is 115 Å². The van der Waals surface area contributed by atoms with E-state index in [0.29, 0.717) is 23.9 Å². The summed E-state index contributed by atoms with van der Waals surface area (Å²) in [5.74, 6) is 0.612. The number of aliphatic hydroxyl groups is 1. The van der Waals surface area contributed by atoms with E-state index in [9.17, 15) is 5.11 Å². The fraction of sp³-hybridized carbons (Fsp3) is 0.533. The van der Waals surface area contributed by atoms with Gasteiger partial charge >= 0.3 is 0 Å². The molecule has 1 rings (SSSR count). The molecule has 1 atom stereocenters. The van der Waals surface area contributed by atoms with E-state index >= 15 is 0 Å². The van der Waals surface area contributed by atoms with E-state index in [0.717, 1.165) is 12.8 Å². The highest BCUT2D eigenvalue weighted by molar-refractivity contribution is 5.36. The number of hydrogen-bond acceptors (Lipinski definition) is 4. The molecule has 0 amide bonds. The number of rotatable bonds is 8. The van der Waals surface area contributed by atoms with Gasteiger partial charge < -0.3 is 15.2 Å². The van der Waals surface area contributed by atoms with Crippen LogP contribution >= 0.6 is 0 Å². The maximum Gasteiger partial charge on any atom is 0.120 e. The van der Waals surface area contributed by atoms with Gasteiger partial charge in [-0.3, -0.25) is 0 Å². The smallest absolute Gasteiger partial charge is 0.120 e. The van der Waals surface area contributed by atoms with Crippen LogP contribution in [0.2, 0.25) is 0 Å². The van der Waals surface area contributed by atoms with Gasteiger partial charge in [0.15, 0.2) is 0 Å². The Balaban J connectivity index is 2.33. The van der Waals surface area contributed by atoms with Crippen molar-refractivity contribution < 1.29 is 9.84 Å². The minimum Gasteiger partial charge on any atom is -0.491 e. The Bertz CT molecular complexity index is 411. The van der Waals surface area contributed by atoms with Crippen LogP contribution < -0.4 is 10.1 Å². The molecule has 0 aliphatic heterocycles. The Hall–Kier alpha value is -1.57. The van der Waals surface area contributed by atoms with Gasteiger partial charge in [-0.15, -0.1) is 0 Å². The molecule has 19 heavy (non-hydrogen) atoms. The Morgan fingerprint density at radius 2 is 2.11 bits per heavy atom. The quantitative estimate of drug-likeness (QED) is 0.753. The van der Waals surface area contributed by atoms with Crippen LogP contribution in [-0.4, -0.2) is 30.4 Å². The molecule has 0 aliphatic carbocycles. The molecule has 0 spiro atoms. The molecule has 1 unspecified atom stereocenters. The fourth-order valence-electron chi connectivity index (χ4n) is 1.79. The number of nitriles is 1. The lowest BCUT2D eigenvalue weighted by Crippen LogP contribution is -2.37. The van der Waals surface area contributed by atoms with Crippen LogP contribution in [0.1, 0.15) is 32.3 Å². The predicted molar refractivity (Wildman–Crippen MR) is 75.0 cm³/mol. The molecule has 4 heteroatoms. The summed E-state index contributed by atoms with van der Waals surface area (Å²) >= 11 is 0. The Kier molecular flexibility index (Phi) is 6.94. The molecule has 104 valence electrons. The minimum atomic E-state index is -0.550. The summed E-state index contributed by atoms with van der Waals surface area (Å²) < 4.78 is 5.47. The number of nitrogens with one attached hydrogen (secondary N) is 1. The van der Waals surface area contributed by atoms with E-state index in [1.165, 1.54) is 0 Å². The van der Waals surface area contributed by atoms with Gasteiger partial charge in [0.05, 0.1) is 11.6 Å². The molecular formula is C15H22N2O2. The van der Waals surface area contributed by atoms with Crippen molar-refractivity contribution in [2.75, 3.05) is 13.2 Å². The number of nitrogens with zero attached hydrogens (tertiary/aromatic N) is 1. The molecule has 0 saturated carbocycles. The number of hydrogen-bond donors (Lipinski definition) is 2. The van der Waals surface area contributed by atoms with Gasteiger partial charge in [-0.05, 0) is 31.0 Å². The highest BCUT2D eigenvalue weighted by Gasteiger charge is 2.08. The van der Waals surface area contributed by atoms with Crippen LogP contribution in [0.4, 0.5) is 0 Å². The summed E-state index contributed by atoms with van der Waals surface area (Å²) in [6, 6.07) is 9.43.